The number of pyridine rings is 1. The Morgan fingerprint density at radius 2 is 1.97 bits per heavy atom. The van der Waals surface area contributed by atoms with Crippen LogP contribution in [0.25, 0.3) is 0 Å². The molecule has 5 rings (SSSR count). The van der Waals surface area contributed by atoms with Crippen LogP contribution in [0.1, 0.15) is 39.7 Å². The molecule has 1 aromatic heterocycles. The van der Waals surface area contributed by atoms with Crippen molar-refractivity contribution in [2.45, 2.75) is 25.4 Å². The van der Waals surface area contributed by atoms with Gasteiger partial charge in [0, 0.05) is 36.2 Å². The number of carbonyl (C=O) groups excluding carboxylic acids is 2. The fourth-order valence-corrected chi connectivity index (χ4v) is 4.34. The van der Waals surface area contributed by atoms with Crippen LogP contribution < -0.4 is 16.0 Å². The first-order valence-electron chi connectivity index (χ1n) is 11.5. The SMILES string of the molecule is O=C(Nc1ccc(CNc2ccnc3c2C2OCCCN2C(=O)N3)c(F)c1)c1ccc(F)cc1C(F)(F)F. The molecule has 0 spiro atoms. The molecule has 3 heterocycles. The number of aromatic nitrogens is 1. The van der Waals surface area contributed by atoms with Gasteiger partial charge in [0.05, 0.1) is 23.3 Å². The molecule has 3 amide bonds. The normalized spacial score (nSPS) is 16.8. The second kappa shape index (κ2) is 9.89. The number of hydrogen-bond acceptors (Lipinski definition) is 5. The predicted octanol–water partition coefficient (Wildman–Crippen LogP) is 5.51. The smallest absolute Gasteiger partial charge is 0.380 e. The summed E-state index contributed by atoms with van der Waals surface area (Å²) in [6, 6.07) is 6.70. The fraction of sp³-hybridized carbons (Fsp3) is 0.240. The average molecular weight is 533 g/mol. The lowest BCUT2D eigenvalue weighted by atomic mass is 10.1. The number of anilines is 3. The maximum atomic E-state index is 14.9. The van der Waals surface area contributed by atoms with Crippen molar-refractivity contribution < 1.29 is 36.3 Å². The summed E-state index contributed by atoms with van der Waals surface area (Å²) >= 11 is 0. The van der Waals surface area contributed by atoms with Gasteiger partial charge in [-0.15, -0.1) is 0 Å². The minimum Gasteiger partial charge on any atom is -0.380 e. The van der Waals surface area contributed by atoms with Crippen LogP contribution in [0.5, 0.6) is 0 Å². The van der Waals surface area contributed by atoms with Crippen LogP contribution in [0.15, 0.2) is 48.7 Å². The Labute approximate surface area is 212 Å². The van der Waals surface area contributed by atoms with Crippen LogP contribution in [-0.2, 0) is 17.5 Å². The predicted molar refractivity (Wildman–Crippen MR) is 126 cm³/mol. The van der Waals surface area contributed by atoms with Gasteiger partial charge in [-0.25, -0.2) is 18.6 Å². The van der Waals surface area contributed by atoms with Crippen LogP contribution in [-0.4, -0.2) is 35.0 Å². The number of carbonyl (C=O) groups is 2. The third-order valence-electron chi connectivity index (χ3n) is 6.14. The van der Waals surface area contributed by atoms with Gasteiger partial charge in [0.2, 0.25) is 0 Å². The lowest BCUT2D eigenvalue weighted by Crippen LogP contribution is -2.47. The van der Waals surface area contributed by atoms with E-state index < -0.39 is 41.1 Å². The van der Waals surface area contributed by atoms with Crippen LogP contribution in [0.3, 0.4) is 0 Å². The van der Waals surface area contributed by atoms with Gasteiger partial charge in [0.1, 0.15) is 17.5 Å². The lowest BCUT2D eigenvalue weighted by molar-refractivity contribution is -0.138. The summed E-state index contributed by atoms with van der Waals surface area (Å²) in [5.74, 6) is -2.69. The van der Waals surface area contributed by atoms with Crippen molar-refractivity contribution >= 4 is 29.1 Å². The number of nitrogens with one attached hydrogen (secondary N) is 3. The van der Waals surface area contributed by atoms with E-state index in [4.69, 9.17) is 4.74 Å². The highest BCUT2D eigenvalue weighted by molar-refractivity contribution is 6.05. The van der Waals surface area contributed by atoms with Gasteiger partial charge < -0.3 is 15.4 Å². The average Bonchev–Trinajstić information content (AvgIpc) is 2.87. The fourth-order valence-electron chi connectivity index (χ4n) is 4.34. The topological polar surface area (TPSA) is 95.6 Å². The minimum atomic E-state index is -4.95. The summed E-state index contributed by atoms with van der Waals surface area (Å²) in [6.45, 7) is 0.980. The summed E-state index contributed by atoms with van der Waals surface area (Å²) in [5.41, 5.74) is -0.931. The summed E-state index contributed by atoms with van der Waals surface area (Å²) in [6.07, 6.45) is -3.42. The molecule has 1 fully saturated rings. The molecule has 2 aromatic carbocycles. The van der Waals surface area contributed by atoms with E-state index in [-0.39, 0.29) is 29.9 Å². The Kier molecular flexibility index (Phi) is 6.61. The number of rotatable bonds is 5. The van der Waals surface area contributed by atoms with Gasteiger partial charge in [0.15, 0.2) is 6.23 Å². The minimum absolute atomic E-state index is 0.00731. The molecule has 1 atom stereocenters. The molecule has 198 valence electrons. The van der Waals surface area contributed by atoms with Crippen molar-refractivity contribution in [2.24, 2.45) is 0 Å². The Morgan fingerprint density at radius 3 is 2.74 bits per heavy atom. The molecule has 0 saturated carbocycles. The number of amides is 3. The molecule has 8 nitrogen and oxygen atoms in total. The van der Waals surface area contributed by atoms with Gasteiger partial charge >= 0.3 is 12.2 Å². The van der Waals surface area contributed by atoms with Gasteiger partial charge in [-0.3, -0.25) is 15.0 Å². The zero-order chi connectivity index (χ0) is 27.0. The number of hydrogen-bond donors (Lipinski definition) is 3. The molecule has 3 aromatic rings. The number of benzene rings is 2. The van der Waals surface area contributed by atoms with Gasteiger partial charge in [-0.05, 0) is 42.8 Å². The van der Waals surface area contributed by atoms with E-state index in [1.807, 2.05) is 0 Å². The number of ether oxygens (including phenoxy) is 1. The molecule has 0 aliphatic carbocycles. The zero-order valence-corrected chi connectivity index (χ0v) is 19.5. The third kappa shape index (κ3) is 4.96. The number of urea groups is 1. The van der Waals surface area contributed by atoms with Crippen LogP contribution in [0.4, 0.5) is 43.9 Å². The molecule has 1 unspecified atom stereocenters. The monoisotopic (exact) mass is 533 g/mol. The first kappa shape index (κ1) is 25.4. The van der Waals surface area contributed by atoms with Crippen LogP contribution in [0.2, 0.25) is 0 Å². The maximum absolute atomic E-state index is 14.9. The van der Waals surface area contributed by atoms with Crippen LogP contribution in [0, 0.1) is 11.6 Å². The summed E-state index contributed by atoms with van der Waals surface area (Å²) in [7, 11) is 0. The van der Waals surface area contributed by atoms with E-state index in [0.717, 1.165) is 18.2 Å². The van der Waals surface area contributed by atoms with Crippen molar-refractivity contribution in [3.63, 3.8) is 0 Å². The van der Waals surface area contributed by atoms with Gasteiger partial charge in [0.25, 0.3) is 5.91 Å². The quantitative estimate of drug-likeness (QED) is 0.376. The summed E-state index contributed by atoms with van der Waals surface area (Å²) < 4.78 is 73.7. The molecule has 1 saturated heterocycles. The zero-order valence-electron chi connectivity index (χ0n) is 19.5. The Hall–Kier alpha value is -4.26. The molecule has 2 aliphatic rings. The van der Waals surface area contributed by atoms with Crippen molar-refractivity contribution in [1.29, 1.82) is 0 Å². The molecule has 3 N–H and O–H groups in total. The molecular weight excluding hydrogens is 513 g/mol. The number of halogens is 5. The third-order valence-corrected chi connectivity index (χ3v) is 6.14. The molecule has 0 bridgehead atoms. The second-order valence-corrected chi connectivity index (χ2v) is 8.62. The second-order valence-electron chi connectivity index (χ2n) is 8.62. The van der Waals surface area contributed by atoms with Crippen molar-refractivity contribution in [1.82, 2.24) is 9.88 Å². The maximum Gasteiger partial charge on any atom is 0.417 e. The lowest BCUT2D eigenvalue weighted by Gasteiger charge is -2.40. The summed E-state index contributed by atoms with van der Waals surface area (Å²) in [4.78, 5) is 30.5. The van der Waals surface area contributed by atoms with E-state index >= 15 is 0 Å². The van der Waals surface area contributed by atoms with E-state index in [1.165, 1.54) is 18.3 Å². The largest absolute Gasteiger partial charge is 0.417 e. The number of nitrogens with zero attached hydrogens (tertiary/aromatic N) is 2. The van der Waals surface area contributed by atoms with Crippen molar-refractivity contribution in [2.75, 3.05) is 29.1 Å². The molecule has 2 aliphatic heterocycles. The van der Waals surface area contributed by atoms with E-state index in [1.54, 1.807) is 11.0 Å². The highest BCUT2D eigenvalue weighted by Gasteiger charge is 2.38. The Bertz CT molecular complexity index is 1410. The van der Waals surface area contributed by atoms with E-state index in [2.05, 4.69) is 20.9 Å². The molecule has 0 radical (unpaired) electrons. The van der Waals surface area contributed by atoms with Crippen molar-refractivity contribution in [3.05, 3.63) is 82.5 Å². The van der Waals surface area contributed by atoms with Crippen LogP contribution >= 0.6 is 0 Å². The Morgan fingerprint density at radius 1 is 1.16 bits per heavy atom. The first-order chi connectivity index (χ1) is 18.1. The number of fused-ring (bicyclic) bond motifs is 3. The highest BCUT2D eigenvalue weighted by atomic mass is 19.4. The van der Waals surface area contributed by atoms with Gasteiger partial charge in [-0.2, -0.15) is 13.2 Å². The van der Waals surface area contributed by atoms with Gasteiger partial charge in [-0.1, -0.05) is 6.07 Å². The molecule has 13 heteroatoms. The Balaban J connectivity index is 1.31. The number of alkyl halides is 3. The standard InChI is InChI=1S/C25H20F5N5O3/c26-14-3-5-16(17(10-14)25(28,29)30)22(36)33-15-4-2-13(18(27)11-15)12-32-19-6-7-31-21-20(19)23-35(24(37)34-21)8-1-9-38-23/h2-7,10-11,23H,1,8-9,12H2,(H,33,36)(H2,31,32,34,37). The van der Waals surface area contributed by atoms with Crippen molar-refractivity contribution in [3.8, 4) is 0 Å². The van der Waals surface area contributed by atoms with E-state index in [9.17, 15) is 31.5 Å². The highest BCUT2D eigenvalue weighted by Crippen LogP contribution is 2.39. The first-order valence-corrected chi connectivity index (χ1v) is 11.5. The van der Waals surface area contributed by atoms with E-state index in [0.29, 0.717) is 36.6 Å². The molecular formula is C25H20F5N5O3. The molecule has 38 heavy (non-hydrogen) atoms. The summed E-state index contributed by atoms with van der Waals surface area (Å²) in [5, 5.41) is 8.04.